The smallest absolute Gasteiger partial charge is 0.331 e. The van der Waals surface area contributed by atoms with Crippen LogP contribution in [0, 0.1) is 0 Å². The Morgan fingerprint density at radius 3 is 2.00 bits per heavy atom. The highest BCUT2D eigenvalue weighted by atomic mass is 16.5. The highest BCUT2D eigenvalue weighted by Crippen LogP contribution is 2.00. The number of carbonyl (C=O) groups excluding carboxylic acids is 3. The van der Waals surface area contributed by atoms with Crippen LogP contribution in [0.25, 0.3) is 0 Å². The third-order valence-corrected chi connectivity index (χ3v) is 2.45. The molecular weight excluding hydrogens is 264 g/mol. The average Bonchev–Trinajstić information content (AvgIpc) is 2.40. The summed E-state index contributed by atoms with van der Waals surface area (Å²) < 4.78 is 9.56. The normalized spacial score (nSPS) is 11.8. The van der Waals surface area contributed by atoms with Crippen molar-refractivity contribution in [3.05, 3.63) is 12.2 Å². The first-order chi connectivity index (χ1) is 9.29. The molecule has 0 aliphatic carbocycles. The summed E-state index contributed by atoms with van der Waals surface area (Å²) in [5.74, 6) is -1.26. The summed E-state index contributed by atoms with van der Waals surface area (Å²) in [6.45, 7) is 3.71. The Bertz CT molecular complexity index is 379. The highest BCUT2D eigenvalue weighted by Gasteiger charge is 2.18. The molecule has 0 aromatic rings. The van der Waals surface area contributed by atoms with Crippen molar-refractivity contribution in [1.82, 2.24) is 9.80 Å². The van der Waals surface area contributed by atoms with Crippen molar-refractivity contribution >= 4 is 18.0 Å². The number of rotatable bonds is 6. The minimum Gasteiger partial charge on any atom is -0.463 e. The molecule has 0 saturated heterocycles. The fraction of sp³-hybridized carbons (Fsp3) is 0.615. The Hall–Kier alpha value is -2.05. The second kappa shape index (κ2) is 8.95. The zero-order valence-corrected chi connectivity index (χ0v) is 12.6. The molecule has 7 nitrogen and oxygen atoms in total. The number of hydrogen-bond acceptors (Lipinski definition) is 5. The molecule has 2 amide bonds. The number of likely N-dealkylation sites (N-methyl/N-ethyl adjacent to an activating group) is 1. The lowest BCUT2D eigenvalue weighted by atomic mass is 10.3. The number of hydrogen-bond donors (Lipinski definition) is 0. The molecule has 114 valence electrons. The number of nitrogens with zero attached hydrogens (tertiary/aromatic N) is 2. The van der Waals surface area contributed by atoms with Crippen molar-refractivity contribution in [1.29, 1.82) is 0 Å². The molecule has 0 saturated carbocycles. The van der Waals surface area contributed by atoms with E-state index < -0.39 is 11.9 Å². The van der Waals surface area contributed by atoms with E-state index in [1.54, 1.807) is 35.0 Å². The first-order valence-electron chi connectivity index (χ1n) is 6.25. The van der Waals surface area contributed by atoms with E-state index in [9.17, 15) is 14.4 Å². The van der Waals surface area contributed by atoms with Crippen molar-refractivity contribution in [3.8, 4) is 0 Å². The zero-order valence-electron chi connectivity index (χ0n) is 12.6. The summed E-state index contributed by atoms with van der Waals surface area (Å²) in [6, 6.07) is -0.458. The van der Waals surface area contributed by atoms with Crippen LogP contribution < -0.4 is 0 Å². The van der Waals surface area contributed by atoms with Gasteiger partial charge in [0.2, 0.25) is 0 Å². The van der Waals surface area contributed by atoms with E-state index in [4.69, 9.17) is 4.74 Å². The molecule has 20 heavy (non-hydrogen) atoms. The molecule has 7 heteroatoms. The van der Waals surface area contributed by atoms with Crippen LogP contribution in [-0.2, 0) is 19.1 Å². The van der Waals surface area contributed by atoms with Crippen molar-refractivity contribution < 1.29 is 23.9 Å². The molecule has 0 aromatic carbocycles. The predicted molar refractivity (Wildman–Crippen MR) is 73.0 cm³/mol. The maximum atomic E-state index is 11.7. The molecule has 0 fully saturated rings. The number of ether oxygens (including phenoxy) is 2. The van der Waals surface area contributed by atoms with Crippen LogP contribution in [0.4, 0.5) is 4.79 Å². The van der Waals surface area contributed by atoms with Gasteiger partial charge in [-0.25, -0.2) is 14.4 Å². The molecule has 0 spiro atoms. The van der Waals surface area contributed by atoms with Crippen molar-refractivity contribution in [2.45, 2.75) is 19.9 Å². The lowest BCUT2D eigenvalue weighted by Gasteiger charge is -2.27. The molecule has 0 radical (unpaired) electrons. The minimum atomic E-state index is -0.657. The molecule has 0 heterocycles. The predicted octanol–water partition coefficient (Wildman–Crippen LogP) is 0.651. The van der Waals surface area contributed by atoms with Gasteiger partial charge in [-0.3, -0.25) is 0 Å². The Morgan fingerprint density at radius 2 is 1.55 bits per heavy atom. The molecular formula is C13H22N2O5. The van der Waals surface area contributed by atoms with Gasteiger partial charge < -0.3 is 19.3 Å². The summed E-state index contributed by atoms with van der Waals surface area (Å²) in [5.41, 5.74) is 0. The van der Waals surface area contributed by atoms with Crippen LogP contribution in [0.5, 0.6) is 0 Å². The Labute approximate surface area is 119 Å². The summed E-state index contributed by atoms with van der Waals surface area (Å²) in [5, 5.41) is 0. The van der Waals surface area contributed by atoms with E-state index in [1.807, 2.05) is 0 Å². The third-order valence-electron chi connectivity index (χ3n) is 2.45. The fourth-order valence-corrected chi connectivity index (χ4v) is 1.19. The van der Waals surface area contributed by atoms with Crippen LogP contribution in [0.1, 0.15) is 13.8 Å². The standard InChI is InChI=1S/C13H22N2O5/c1-6-19-11(16)7-8-12(17)20-9-10(2)15(5)13(18)14(3)4/h7-8,10H,6,9H2,1-5H3/b8-7+/t10-/m1/s1. The fourth-order valence-electron chi connectivity index (χ4n) is 1.19. The molecule has 1 atom stereocenters. The highest BCUT2D eigenvalue weighted by molar-refractivity contribution is 5.91. The molecule has 0 aromatic heterocycles. The van der Waals surface area contributed by atoms with Gasteiger partial charge in [-0.2, -0.15) is 0 Å². The van der Waals surface area contributed by atoms with E-state index >= 15 is 0 Å². The lowest BCUT2D eigenvalue weighted by molar-refractivity contribution is -0.141. The average molecular weight is 286 g/mol. The van der Waals surface area contributed by atoms with Crippen molar-refractivity contribution in [2.24, 2.45) is 0 Å². The zero-order chi connectivity index (χ0) is 15.7. The van der Waals surface area contributed by atoms with E-state index in [0.717, 1.165) is 12.2 Å². The monoisotopic (exact) mass is 286 g/mol. The van der Waals surface area contributed by atoms with Gasteiger partial charge in [-0.15, -0.1) is 0 Å². The number of carbonyl (C=O) groups is 3. The summed E-state index contributed by atoms with van der Waals surface area (Å²) >= 11 is 0. The topological polar surface area (TPSA) is 76.2 Å². The summed E-state index contributed by atoms with van der Waals surface area (Å²) in [6.07, 6.45) is 2.00. The van der Waals surface area contributed by atoms with Gasteiger partial charge in [0.05, 0.1) is 12.6 Å². The maximum Gasteiger partial charge on any atom is 0.331 e. The van der Waals surface area contributed by atoms with Gasteiger partial charge in [0.1, 0.15) is 6.61 Å². The van der Waals surface area contributed by atoms with Gasteiger partial charge >= 0.3 is 18.0 Å². The van der Waals surface area contributed by atoms with Crippen LogP contribution in [0.15, 0.2) is 12.2 Å². The first kappa shape index (κ1) is 17.9. The second-order valence-corrected chi connectivity index (χ2v) is 4.35. The largest absolute Gasteiger partial charge is 0.463 e. The molecule has 0 N–H and O–H groups in total. The van der Waals surface area contributed by atoms with Gasteiger partial charge in [-0.05, 0) is 13.8 Å². The molecule has 0 unspecified atom stereocenters. The Kier molecular flexibility index (Phi) is 8.03. The molecule has 0 aliphatic heterocycles. The van der Waals surface area contributed by atoms with E-state index in [2.05, 4.69) is 4.74 Å². The van der Waals surface area contributed by atoms with Crippen molar-refractivity contribution in [2.75, 3.05) is 34.4 Å². The third kappa shape index (κ3) is 6.77. The Balaban J connectivity index is 4.18. The van der Waals surface area contributed by atoms with Crippen molar-refractivity contribution in [3.63, 3.8) is 0 Å². The van der Waals surface area contributed by atoms with Gasteiger partial charge in [0.15, 0.2) is 0 Å². The second-order valence-electron chi connectivity index (χ2n) is 4.35. The van der Waals surface area contributed by atoms with Gasteiger partial charge in [0.25, 0.3) is 0 Å². The van der Waals surface area contributed by atoms with E-state index in [-0.39, 0.29) is 25.3 Å². The quantitative estimate of drug-likeness (QED) is 0.529. The van der Waals surface area contributed by atoms with Crippen LogP contribution >= 0.6 is 0 Å². The molecule has 0 rings (SSSR count). The van der Waals surface area contributed by atoms with Gasteiger partial charge in [-0.1, -0.05) is 0 Å². The SMILES string of the molecule is CCOC(=O)/C=C/C(=O)OC[C@@H](C)N(C)C(=O)N(C)C. The van der Waals surface area contributed by atoms with Crippen LogP contribution in [0.2, 0.25) is 0 Å². The van der Waals surface area contributed by atoms with E-state index in [0.29, 0.717) is 0 Å². The molecule has 0 aliphatic rings. The Morgan fingerprint density at radius 1 is 1.05 bits per heavy atom. The first-order valence-corrected chi connectivity index (χ1v) is 6.25. The van der Waals surface area contributed by atoms with Crippen LogP contribution in [0.3, 0.4) is 0 Å². The summed E-state index contributed by atoms with van der Waals surface area (Å²) in [4.78, 5) is 36.9. The molecule has 0 bridgehead atoms. The van der Waals surface area contributed by atoms with E-state index in [1.165, 1.54) is 9.80 Å². The maximum absolute atomic E-state index is 11.7. The van der Waals surface area contributed by atoms with Gasteiger partial charge in [0, 0.05) is 33.3 Å². The number of amides is 2. The lowest BCUT2D eigenvalue weighted by Crippen LogP contribution is -2.43. The summed E-state index contributed by atoms with van der Waals surface area (Å²) in [7, 11) is 4.90. The number of urea groups is 1. The number of esters is 2. The van der Waals surface area contributed by atoms with Crippen LogP contribution in [-0.4, -0.2) is 68.2 Å². The minimum absolute atomic E-state index is 0.0437.